The van der Waals surface area contributed by atoms with Crippen LogP contribution in [0.2, 0.25) is 0 Å². The van der Waals surface area contributed by atoms with Crippen molar-refractivity contribution in [1.82, 2.24) is 4.90 Å². The first-order chi connectivity index (χ1) is 6.45. The molecule has 4 N–H and O–H groups in total. The molecule has 5 heteroatoms. The first-order valence-electron chi connectivity index (χ1n) is 4.85. The molecule has 1 atom stereocenters. The molecule has 0 aromatic carbocycles. The van der Waals surface area contributed by atoms with Gasteiger partial charge in [0.05, 0.1) is 18.2 Å². The van der Waals surface area contributed by atoms with Gasteiger partial charge in [-0.1, -0.05) is 0 Å². The average Bonchev–Trinajstić information content (AvgIpc) is 2.15. The van der Waals surface area contributed by atoms with Crippen molar-refractivity contribution >= 4 is 5.91 Å². The first kappa shape index (κ1) is 11.4. The van der Waals surface area contributed by atoms with Crippen LogP contribution in [-0.4, -0.2) is 48.7 Å². The molecule has 1 rings (SSSR count). The van der Waals surface area contributed by atoms with Crippen molar-refractivity contribution in [2.75, 3.05) is 26.2 Å². The molecule has 1 fully saturated rings. The summed E-state index contributed by atoms with van der Waals surface area (Å²) in [6, 6.07) is 0. The van der Waals surface area contributed by atoms with E-state index in [-0.39, 0.29) is 12.0 Å². The van der Waals surface area contributed by atoms with Gasteiger partial charge in [-0.15, -0.1) is 0 Å². The van der Waals surface area contributed by atoms with Crippen LogP contribution in [-0.2, 0) is 9.53 Å². The largest absolute Gasteiger partial charge is 0.373 e. The van der Waals surface area contributed by atoms with Crippen LogP contribution in [0.5, 0.6) is 0 Å². The number of amides is 1. The van der Waals surface area contributed by atoms with Crippen LogP contribution < -0.4 is 11.5 Å². The van der Waals surface area contributed by atoms with E-state index in [0.717, 1.165) is 0 Å². The number of hydrogen-bond acceptors (Lipinski definition) is 4. The fourth-order valence-corrected chi connectivity index (χ4v) is 1.45. The van der Waals surface area contributed by atoms with E-state index in [2.05, 4.69) is 0 Å². The van der Waals surface area contributed by atoms with Crippen molar-refractivity contribution in [3.63, 3.8) is 0 Å². The van der Waals surface area contributed by atoms with Gasteiger partial charge in [0, 0.05) is 19.6 Å². The third-order valence-corrected chi connectivity index (χ3v) is 2.24. The Kier molecular flexibility index (Phi) is 3.47. The van der Waals surface area contributed by atoms with E-state index in [4.69, 9.17) is 16.2 Å². The lowest BCUT2D eigenvalue weighted by Crippen LogP contribution is -2.56. The minimum absolute atomic E-state index is 0.0424. The molecule has 14 heavy (non-hydrogen) atoms. The Balaban J connectivity index is 2.56. The van der Waals surface area contributed by atoms with Gasteiger partial charge in [0.1, 0.15) is 0 Å². The molecule has 1 saturated heterocycles. The van der Waals surface area contributed by atoms with Gasteiger partial charge in [-0.3, -0.25) is 4.79 Å². The predicted octanol–water partition coefficient (Wildman–Crippen LogP) is -1.09. The molecule has 1 heterocycles. The Morgan fingerprint density at radius 3 is 2.79 bits per heavy atom. The number of morpholine rings is 1. The molecule has 82 valence electrons. The Hall–Kier alpha value is -0.650. The third-order valence-electron chi connectivity index (χ3n) is 2.24. The van der Waals surface area contributed by atoms with Crippen LogP contribution in [0, 0.1) is 0 Å². The van der Waals surface area contributed by atoms with E-state index in [1.165, 1.54) is 0 Å². The molecule has 0 aliphatic carbocycles. The van der Waals surface area contributed by atoms with E-state index >= 15 is 0 Å². The summed E-state index contributed by atoms with van der Waals surface area (Å²) in [6.07, 6.45) is -0.0463. The lowest BCUT2D eigenvalue weighted by atomic mass is 10.0. The van der Waals surface area contributed by atoms with Crippen LogP contribution in [0.1, 0.15) is 13.8 Å². The maximum atomic E-state index is 11.8. The zero-order valence-electron chi connectivity index (χ0n) is 8.82. The van der Waals surface area contributed by atoms with Gasteiger partial charge < -0.3 is 21.1 Å². The van der Waals surface area contributed by atoms with E-state index in [1.807, 2.05) is 0 Å². The number of nitrogens with zero attached hydrogens (tertiary/aromatic N) is 1. The summed E-state index contributed by atoms with van der Waals surface area (Å²) < 4.78 is 5.36. The summed E-state index contributed by atoms with van der Waals surface area (Å²) in [5.74, 6) is -0.0424. The monoisotopic (exact) mass is 201 g/mol. The molecule has 5 nitrogen and oxygen atoms in total. The van der Waals surface area contributed by atoms with Gasteiger partial charge >= 0.3 is 0 Å². The number of carbonyl (C=O) groups is 1. The SMILES string of the molecule is CC(C)(N)C(=O)N1CCOC(CN)C1. The summed E-state index contributed by atoms with van der Waals surface area (Å²) in [4.78, 5) is 13.5. The highest BCUT2D eigenvalue weighted by atomic mass is 16.5. The van der Waals surface area contributed by atoms with Crippen molar-refractivity contribution in [1.29, 1.82) is 0 Å². The normalized spacial score (nSPS) is 23.7. The highest BCUT2D eigenvalue weighted by molar-refractivity contribution is 5.85. The second-order valence-corrected chi connectivity index (χ2v) is 4.20. The molecule has 0 spiro atoms. The highest BCUT2D eigenvalue weighted by Gasteiger charge is 2.31. The minimum Gasteiger partial charge on any atom is -0.373 e. The second kappa shape index (κ2) is 4.25. The van der Waals surface area contributed by atoms with E-state index in [0.29, 0.717) is 26.2 Å². The molecule has 1 aliphatic rings. The van der Waals surface area contributed by atoms with Crippen LogP contribution >= 0.6 is 0 Å². The third kappa shape index (κ3) is 2.67. The van der Waals surface area contributed by atoms with Crippen LogP contribution in [0.25, 0.3) is 0 Å². The number of carbonyl (C=O) groups excluding carboxylic acids is 1. The van der Waals surface area contributed by atoms with E-state index in [1.54, 1.807) is 18.7 Å². The smallest absolute Gasteiger partial charge is 0.242 e. The molecule has 1 aliphatic heterocycles. The molecule has 1 unspecified atom stereocenters. The zero-order valence-corrected chi connectivity index (χ0v) is 8.82. The second-order valence-electron chi connectivity index (χ2n) is 4.20. The van der Waals surface area contributed by atoms with Crippen LogP contribution in [0.4, 0.5) is 0 Å². The first-order valence-corrected chi connectivity index (χ1v) is 4.85. The Morgan fingerprint density at radius 2 is 2.29 bits per heavy atom. The van der Waals surface area contributed by atoms with Gasteiger partial charge in [0.25, 0.3) is 0 Å². The predicted molar refractivity (Wildman–Crippen MR) is 53.6 cm³/mol. The van der Waals surface area contributed by atoms with Crippen molar-refractivity contribution in [3.8, 4) is 0 Å². The Bertz CT molecular complexity index is 213. The lowest BCUT2D eigenvalue weighted by Gasteiger charge is -2.35. The lowest BCUT2D eigenvalue weighted by molar-refractivity contribution is -0.143. The van der Waals surface area contributed by atoms with E-state index in [9.17, 15) is 4.79 Å². The van der Waals surface area contributed by atoms with Gasteiger partial charge in [-0.05, 0) is 13.8 Å². The molecule has 0 aromatic heterocycles. The fourth-order valence-electron chi connectivity index (χ4n) is 1.45. The highest BCUT2D eigenvalue weighted by Crippen LogP contribution is 2.10. The van der Waals surface area contributed by atoms with Crippen molar-refractivity contribution in [2.45, 2.75) is 25.5 Å². The molecular formula is C9H19N3O2. The Labute approximate surface area is 84.4 Å². The summed E-state index contributed by atoms with van der Waals surface area (Å²) in [5, 5.41) is 0. The molecule has 0 saturated carbocycles. The molecule has 1 amide bonds. The van der Waals surface area contributed by atoms with Gasteiger partial charge in [-0.25, -0.2) is 0 Å². The molecule has 0 bridgehead atoms. The number of ether oxygens (including phenoxy) is 1. The summed E-state index contributed by atoms with van der Waals surface area (Å²) in [5.41, 5.74) is 10.4. The standard InChI is InChI=1S/C9H19N3O2/c1-9(2,11)8(13)12-3-4-14-7(5-10)6-12/h7H,3-6,10-11H2,1-2H3. The van der Waals surface area contributed by atoms with Crippen molar-refractivity contribution in [3.05, 3.63) is 0 Å². The summed E-state index contributed by atoms with van der Waals surface area (Å²) in [6.45, 7) is 5.56. The van der Waals surface area contributed by atoms with Crippen molar-refractivity contribution < 1.29 is 9.53 Å². The fraction of sp³-hybridized carbons (Fsp3) is 0.889. The molecule has 0 radical (unpaired) electrons. The molecule has 0 aromatic rings. The van der Waals surface area contributed by atoms with Gasteiger partial charge in [-0.2, -0.15) is 0 Å². The Morgan fingerprint density at radius 1 is 1.64 bits per heavy atom. The van der Waals surface area contributed by atoms with E-state index < -0.39 is 5.54 Å². The average molecular weight is 201 g/mol. The van der Waals surface area contributed by atoms with Gasteiger partial charge in [0.2, 0.25) is 5.91 Å². The maximum absolute atomic E-state index is 11.8. The van der Waals surface area contributed by atoms with Crippen LogP contribution in [0.3, 0.4) is 0 Å². The molecular weight excluding hydrogens is 182 g/mol. The zero-order chi connectivity index (χ0) is 10.8. The summed E-state index contributed by atoms with van der Waals surface area (Å²) in [7, 11) is 0. The quantitative estimate of drug-likeness (QED) is 0.595. The van der Waals surface area contributed by atoms with Crippen LogP contribution in [0.15, 0.2) is 0 Å². The van der Waals surface area contributed by atoms with Gasteiger partial charge in [0.15, 0.2) is 0 Å². The topological polar surface area (TPSA) is 81.6 Å². The minimum atomic E-state index is -0.809. The number of hydrogen-bond donors (Lipinski definition) is 2. The van der Waals surface area contributed by atoms with Crippen molar-refractivity contribution in [2.24, 2.45) is 11.5 Å². The number of rotatable bonds is 2. The maximum Gasteiger partial charge on any atom is 0.242 e. The summed E-state index contributed by atoms with van der Waals surface area (Å²) >= 11 is 0. The number of nitrogens with two attached hydrogens (primary N) is 2.